The first-order chi connectivity index (χ1) is 13.0. The fourth-order valence-corrected chi connectivity index (χ4v) is 4.68. The number of amides is 1. The topological polar surface area (TPSA) is 59.8 Å². The lowest BCUT2D eigenvalue weighted by Gasteiger charge is -2.14. The predicted molar refractivity (Wildman–Crippen MR) is 112 cm³/mol. The minimum atomic E-state index is 0.0854. The number of thioether (sulfide) groups is 1. The molecule has 2 aromatic rings. The van der Waals surface area contributed by atoms with Crippen molar-refractivity contribution in [2.75, 3.05) is 5.75 Å². The SMILES string of the molecule is CC(C)CCC[C@@H](C)NC(=O)CSc1nnc(Cc2cccs2)n1C1CC1. The van der Waals surface area contributed by atoms with Gasteiger partial charge in [0, 0.05) is 23.4 Å². The van der Waals surface area contributed by atoms with E-state index >= 15 is 0 Å². The molecule has 5 nitrogen and oxygen atoms in total. The molecule has 3 rings (SSSR count). The van der Waals surface area contributed by atoms with Crippen LogP contribution in [0, 0.1) is 5.92 Å². The van der Waals surface area contributed by atoms with E-state index in [1.54, 1.807) is 11.3 Å². The Labute approximate surface area is 170 Å². The average Bonchev–Trinajstić information content (AvgIpc) is 3.16. The molecule has 1 N–H and O–H groups in total. The van der Waals surface area contributed by atoms with E-state index in [4.69, 9.17) is 0 Å². The van der Waals surface area contributed by atoms with Crippen LogP contribution in [0.25, 0.3) is 0 Å². The molecule has 1 aliphatic rings. The predicted octanol–water partition coefficient (Wildman–Crippen LogP) is 4.69. The number of nitrogens with zero attached hydrogens (tertiary/aromatic N) is 3. The van der Waals surface area contributed by atoms with E-state index < -0.39 is 0 Å². The summed E-state index contributed by atoms with van der Waals surface area (Å²) < 4.78 is 2.25. The Bertz CT molecular complexity index is 722. The highest BCUT2D eigenvalue weighted by Gasteiger charge is 2.30. The van der Waals surface area contributed by atoms with E-state index in [-0.39, 0.29) is 11.9 Å². The molecule has 1 saturated carbocycles. The number of carbonyl (C=O) groups excluding carboxylic acids is 1. The van der Waals surface area contributed by atoms with Crippen molar-refractivity contribution in [1.29, 1.82) is 0 Å². The highest BCUT2D eigenvalue weighted by atomic mass is 32.2. The summed E-state index contributed by atoms with van der Waals surface area (Å²) in [5, 5.41) is 14.9. The van der Waals surface area contributed by atoms with E-state index in [1.165, 1.54) is 35.9 Å². The van der Waals surface area contributed by atoms with Crippen molar-refractivity contribution in [2.24, 2.45) is 5.92 Å². The third-order valence-corrected chi connectivity index (χ3v) is 6.54. The zero-order chi connectivity index (χ0) is 19.2. The van der Waals surface area contributed by atoms with Gasteiger partial charge in [0.05, 0.1) is 5.75 Å². The minimum absolute atomic E-state index is 0.0854. The number of carbonyl (C=O) groups is 1. The quantitative estimate of drug-likeness (QED) is 0.550. The van der Waals surface area contributed by atoms with Gasteiger partial charge in [0.2, 0.25) is 5.91 Å². The Hall–Kier alpha value is -1.34. The summed E-state index contributed by atoms with van der Waals surface area (Å²) in [5.74, 6) is 2.23. The molecule has 0 saturated heterocycles. The standard InChI is InChI=1S/C20H30N4OS2/c1-14(2)6-4-7-15(3)21-19(25)13-27-20-23-22-18(24(20)16-9-10-16)12-17-8-5-11-26-17/h5,8,11,14-16H,4,6-7,9-10,12-13H2,1-3H3,(H,21,25)/t15-/m1/s1. The van der Waals surface area contributed by atoms with Crippen LogP contribution in [0.2, 0.25) is 0 Å². The zero-order valence-corrected chi connectivity index (χ0v) is 18.1. The number of thiophene rings is 1. The zero-order valence-electron chi connectivity index (χ0n) is 16.5. The van der Waals surface area contributed by atoms with Gasteiger partial charge in [-0.1, -0.05) is 44.5 Å². The highest BCUT2D eigenvalue weighted by molar-refractivity contribution is 7.99. The largest absolute Gasteiger partial charge is 0.353 e. The Morgan fingerprint density at radius 3 is 2.81 bits per heavy atom. The van der Waals surface area contributed by atoms with Crippen molar-refractivity contribution in [2.45, 2.75) is 76.5 Å². The normalized spacial score (nSPS) is 15.3. The summed E-state index contributed by atoms with van der Waals surface area (Å²) in [5.41, 5.74) is 0. The molecule has 1 amide bonds. The van der Waals surface area contributed by atoms with Crippen LogP contribution in [0.5, 0.6) is 0 Å². The molecule has 0 radical (unpaired) electrons. The van der Waals surface area contributed by atoms with Gasteiger partial charge in [0.15, 0.2) is 5.16 Å². The summed E-state index contributed by atoms with van der Waals surface area (Å²) >= 11 is 3.26. The Morgan fingerprint density at radius 2 is 2.15 bits per heavy atom. The first kappa shape index (κ1) is 20.4. The number of hydrogen-bond acceptors (Lipinski definition) is 5. The van der Waals surface area contributed by atoms with Gasteiger partial charge < -0.3 is 9.88 Å². The lowest BCUT2D eigenvalue weighted by Crippen LogP contribution is -2.33. The maximum Gasteiger partial charge on any atom is 0.230 e. The molecular weight excluding hydrogens is 376 g/mol. The summed E-state index contributed by atoms with van der Waals surface area (Å²) in [6.07, 6.45) is 6.60. The molecule has 2 aromatic heterocycles. The molecule has 0 aliphatic heterocycles. The Morgan fingerprint density at radius 1 is 1.33 bits per heavy atom. The van der Waals surface area contributed by atoms with Gasteiger partial charge in [-0.3, -0.25) is 4.79 Å². The van der Waals surface area contributed by atoms with Crippen molar-refractivity contribution >= 4 is 29.0 Å². The van der Waals surface area contributed by atoms with E-state index in [0.29, 0.717) is 11.8 Å². The number of rotatable bonds is 11. The monoisotopic (exact) mass is 406 g/mol. The molecule has 0 bridgehead atoms. The van der Waals surface area contributed by atoms with Gasteiger partial charge in [-0.2, -0.15) is 0 Å². The first-order valence-corrected chi connectivity index (χ1v) is 11.8. The van der Waals surface area contributed by atoms with Gasteiger partial charge in [-0.15, -0.1) is 21.5 Å². The molecule has 0 aromatic carbocycles. The molecule has 2 heterocycles. The van der Waals surface area contributed by atoms with Crippen LogP contribution in [0.3, 0.4) is 0 Å². The van der Waals surface area contributed by atoms with Gasteiger partial charge in [-0.05, 0) is 43.6 Å². The molecule has 27 heavy (non-hydrogen) atoms. The molecule has 1 aliphatic carbocycles. The third kappa shape index (κ3) is 6.35. The van der Waals surface area contributed by atoms with Crippen LogP contribution < -0.4 is 5.32 Å². The van der Waals surface area contributed by atoms with Crippen molar-refractivity contribution < 1.29 is 4.79 Å². The lowest BCUT2D eigenvalue weighted by atomic mass is 10.0. The fraction of sp³-hybridized carbons (Fsp3) is 0.650. The molecule has 7 heteroatoms. The number of nitrogens with one attached hydrogen (secondary N) is 1. The van der Waals surface area contributed by atoms with E-state index in [0.717, 1.165) is 36.2 Å². The van der Waals surface area contributed by atoms with Gasteiger partial charge in [0.25, 0.3) is 0 Å². The second kappa shape index (κ2) is 9.73. The highest BCUT2D eigenvalue weighted by Crippen LogP contribution is 2.39. The van der Waals surface area contributed by atoms with Crippen molar-refractivity contribution in [3.63, 3.8) is 0 Å². The van der Waals surface area contributed by atoms with Crippen LogP contribution in [0.15, 0.2) is 22.7 Å². The van der Waals surface area contributed by atoms with E-state index in [9.17, 15) is 4.79 Å². The summed E-state index contributed by atoms with van der Waals surface area (Å²) in [4.78, 5) is 13.6. The maximum absolute atomic E-state index is 12.3. The number of hydrogen-bond donors (Lipinski definition) is 1. The number of aromatic nitrogens is 3. The van der Waals surface area contributed by atoms with Crippen molar-refractivity contribution in [1.82, 2.24) is 20.1 Å². The molecule has 148 valence electrons. The lowest BCUT2D eigenvalue weighted by molar-refractivity contribution is -0.119. The Balaban J connectivity index is 1.50. The summed E-state index contributed by atoms with van der Waals surface area (Å²) in [7, 11) is 0. The minimum Gasteiger partial charge on any atom is -0.353 e. The van der Waals surface area contributed by atoms with Gasteiger partial charge >= 0.3 is 0 Å². The van der Waals surface area contributed by atoms with E-state index in [2.05, 4.69) is 58.4 Å². The van der Waals surface area contributed by atoms with Crippen molar-refractivity contribution in [3.05, 3.63) is 28.2 Å². The maximum atomic E-state index is 12.3. The summed E-state index contributed by atoms with van der Waals surface area (Å²) in [6.45, 7) is 6.57. The first-order valence-electron chi connectivity index (χ1n) is 9.91. The van der Waals surface area contributed by atoms with Gasteiger partial charge in [0.1, 0.15) is 5.82 Å². The van der Waals surface area contributed by atoms with Crippen LogP contribution in [0.4, 0.5) is 0 Å². The molecule has 1 fully saturated rings. The third-order valence-electron chi connectivity index (χ3n) is 4.72. The molecule has 1 atom stereocenters. The second-order valence-electron chi connectivity index (χ2n) is 7.84. The van der Waals surface area contributed by atoms with E-state index in [1.807, 2.05) is 0 Å². The van der Waals surface area contributed by atoms with Gasteiger partial charge in [-0.25, -0.2) is 0 Å². The van der Waals surface area contributed by atoms with Crippen LogP contribution >= 0.6 is 23.1 Å². The molecule has 0 unspecified atom stereocenters. The average molecular weight is 407 g/mol. The van der Waals surface area contributed by atoms with Crippen molar-refractivity contribution in [3.8, 4) is 0 Å². The van der Waals surface area contributed by atoms with Crippen LogP contribution in [-0.2, 0) is 11.2 Å². The smallest absolute Gasteiger partial charge is 0.230 e. The van der Waals surface area contributed by atoms with Crippen LogP contribution in [-0.4, -0.2) is 32.5 Å². The summed E-state index contributed by atoms with van der Waals surface area (Å²) in [6, 6.07) is 4.94. The Kier molecular flexibility index (Phi) is 7.35. The van der Waals surface area contributed by atoms with Crippen LogP contribution in [0.1, 0.15) is 69.6 Å². The second-order valence-corrected chi connectivity index (χ2v) is 9.81. The molecular formula is C20H30N4OS2. The fourth-order valence-electron chi connectivity index (χ4n) is 3.15. The molecule has 0 spiro atoms.